The number of benzene rings is 3. The number of fused-ring (bicyclic) bond motifs is 5. The molecule has 0 aliphatic carbocycles. The Morgan fingerprint density at radius 3 is 2.31 bits per heavy atom. The highest BCUT2D eigenvalue weighted by Crippen LogP contribution is 2.39. The van der Waals surface area contributed by atoms with E-state index in [0.717, 1.165) is 17.8 Å². The Hall–Kier alpha value is -3.66. The van der Waals surface area contributed by atoms with E-state index in [1.807, 2.05) is 0 Å². The fourth-order valence-corrected chi connectivity index (χ4v) is 5.76. The van der Waals surface area contributed by atoms with E-state index in [0.29, 0.717) is 11.8 Å². The minimum Gasteiger partial charge on any atom is -0.296 e. The molecule has 0 unspecified atom stereocenters. The fraction of sp³-hybridized carbons (Fsp3) is 0.290. The van der Waals surface area contributed by atoms with Crippen molar-refractivity contribution in [3.63, 3.8) is 0 Å². The van der Waals surface area contributed by atoms with Crippen LogP contribution in [0.5, 0.6) is 0 Å². The van der Waals surface area contributed by atoms with Crippen molar-refractivity contribution in [1.29, 1.82) is 0 Å². The minimum absolute atomic E-state index is 0.425. The van der Waals surface area contributed by atoms with Gasteiger partial charge in [0, 0.05) is 17.5 Å². The standard InChI is InChI=1S/C31H33N4/c1-19(2)23-11-9-12-24(20(3)4)30(23)34-17-16-33(6)31(34)28-21(5)14-15-26-29(28)32-27-18-22-10-7-8-13-25(22)35(26)27/h7-17,19-20H,18H2,1-6H3/q+1. The lowest BCUT2D eigenvalue weighted by atomic mass is 9.92. The summed E-state index contributed by atoms with van der Waals surface area (Å²) in [6, 6.07) is 19.9. The number of hydrogen-bond acceptors (Lipinski definition) is 1. The molecule has 6 rings (SSSR count). The molecule has 1 aliphatic heterocycles. The summed E-state index contributed by atoms with van der Waals surface area (Å²) in [4.78, 5) is 5.25. The molecule has 4 heteroatoms. The fourth-order valence-electron chi connectivity index (χ4n) is 5.76. The van der Waals surface area contributed by atoms with E-state index >= 15 is 0 Å². The molecule has 1 aliphatic rings. The van der Waals surface area contributed by atoms with Gasteiger partial charge in [-0.2, -0.15) is 4.57 Å². The summed E-state index contributed by atoms with van der Waals surface area (Å²) < 4.78 is 7.01. The van der Waals surface area contributed by atoms with Crippen molar-refractivity contribution in [3.05, 3.63) is 95.1 Å². The van der Waals surface area contributed by atoms with Crippen LogP contribution in [0.1, 0.15) is 67.6 Å². The molecule has 0 saturated carbocycles. The van der Waals surface area contributed by atoms with Gasteiger partial charge in [0.2, 0.25) is 0 Å². The quantitative estimate of drug-likeness (QED) is 0.266. The molecule has 2 aromatic heterocycles. The van der Waals surface area contributed by atoms with Gasteiger partial charge in [0.05, 0.1) is 23.8 Å². The van der Waals surface area contributed by atoms with Crippen molar-refractivity contribution >= 4 is 11.0 Å². The second-order valence-electron chi connectivity index (χ2n) is 10.5. The Labute approximate surface area is 207 Å². The van der Waals surface area contributed by atoms with Gasteiger partial charge in [0.15, 0.2) is 0 Å². The summed E-state index contributed by atoms with van der Waals surface area (Å²) in [5.74, 6) is 3.15. The third kappa shape index (κ3) is 3.19. The third-order valence-corrected chi connectivity index (χ3v) is 7.49. The molecule has 0 amide bonds. The third-order valence-electron chi connectivity index (χ3n) is 7.49. The molecule has 0 spiro atoms. The summed E-state index contributed by atoms with van der Waals surface area (Å²) in [6.45, 7) is 11.4. The summed E-state index contributed by atoms with van der Waals surface area (Å²) in [6.07, 6.45) is 5.28. The van der Waals surface area contributed by atoms with E-state index in [4.69, 9.17) is 4.98 Å². The van der Waals surface area contributed by atoms with E-state index < -0.39 is 0 Å². The first-order chi connectivity index (χ1) is 16.9. The van der Waals surface area contributed by atoms with Crippen LogP contribution in [0, 0.1) is 6.92 Å². The van der Waals surface area contributed by atoms with Crippen molar-refractivity contribution in [1.82, 2.24) is 14.1 Å². The van der Waals surface area contributed by atoms with Crippen molar-refractivity contribution in [2.45, 2.75) is 52.9 Å². The van der Waals surface area contributed by atoms with Gasteiger partial charge < -0.3 is 0 Å². The normalized spacial score (nSPS) is 12.7. The molecular formula is C31H33N4+. The topological polar surface area (TPSA) is 26.6 Å². The number of aryl methyl sites for hydroxylation is 2. The summed E-state index contributed by atoms with van der Waals surface area (Å²) in [5.41, 5.74) is 11.4. The Kier molecular flexibility index (Phi) is 4.96. The smallest absolute Gasteiger partial charge is 0.296 e. The highest BCUT2D eigenvalue weighted by Gasteiger charge is 2.31. The first kappa shape index (κ1) is 21.8. The predicted molar refractivity (Wildman–Crippen MR) is 143 cm³/mol. The Morgan fingerprint density at radius 1 is 0.886 bits per heavy atom. The van der Waals surface area contributed by atoms with Gasteiger partial charge in [-0.1, -0.05) is 70.2 Å². The monoisotopic (exact) mass is 461 g/mol. The molecule has 0 radical (unpaired) electrons. The lowest BCUT2D eigenvalue weighted by Crippen LogP contribution is -2.29. The van der Waals surface area contributed by atoms with Crippen LogP contribution in [0.3, 0.4) is 0 Å². The molecule has 0 saturated heterocycles. The molecule has 0 N–H and O–H groups in total. The van der Waals surface area contributed by atoms with Crippen LogP contribution in [0.4, 0.5) is 0 Å². The zero-order chi connectivity index (χ0) is 24.4. The van der Waals surface area contributed by atoms with Crippen LogP contribution in [-0.4, -0.2) is 14.1 Å². The van der Waals surface area contributed by atoms with Gasteiger partial charge in [-0.3, -0.25) is 4.57 Å². The van der Waals surface area contributed by atoms with Crippen molar-refractivity contribution < 1.29 is 4.57 Å². The van der Waals surface area contributed by atoms with Gasteiger partial charge in [0.1, 0.15) is 29.4 Å². The first-order valence-corrected chi connectivity index (χ1v) is 12.7. The summed E-state index contributed by atoms with van der Waals surface area (Å²) in [5, 5.41) is 0. The Morgan fingerprint density at radius 2 is 1.60 bits per heavy atom. The molecule has 3 heterocycles. The molecule has 5 aromatic rings. The molecule has 176 valence electrons. The summed E-state index contributed by atoms with van der Waals surface area (Å²) in [7, 11) is 2.15. The van der Waals surface area contributed by atoms with Crippen LogP contribution >= 0.6 is 0 Å². The van der Waals surface area contributed by atoms with Gasteiger partial charge in [-0.25, -0.2) is 9.55 Å². The number of rotatable bonds is 4. The van der Waals surface area contributed by atoms with Crippen molar-refractivity contribution in [2.75, 3.05) is 0 Å². The van der Waals surface area contributed by atoms with E-state index in [-0.39, 0.29) is 0 Å². The van der Waals surface area contributed by atoms with Crippen LogP contribution in [0.2, 0.25) is 0 Å². The second kappa shape index (κ2) is 7.94. The maximum atomic E-state index is 5.25. The first-order valence-electron chi connectivity index (χ1n) is 12.7. The van der Waals surface area contributed by atoms with Crippen LogP contribution in [-0.2, 0) is 13.5 Å². The second-order valence-corrected chi connectivity index (χ2v) is 10.5. The molecule has 0 bridgehead atoms. The van der Waals surface area contributed by atoms with Crippen molar-refractivity contribution in [3.8, 4) is 22.8 Å². The Bertz CT molecular complexity index is 1570. The SMILES string of the molecule is Cc1ccc2c(nc3n2-c2ccccc2C3)c1-c1n(-c2c(C(C)C)cccc2C(C)C)cc[n+]1C. The molecule has 3 aromatic carbocycles. The zero-order valence-corrected chi connectivity index (χ0v) is 21.5. The predicted octanol–water partition coefficient (Wildman–Crippen LogP) is 6.77. The molecule has 0 atom stereocenters. The molecule has 4 nitrogen and oxygen atoms in total. The minimum atomic E-state index is 0.425. The largest absolute Gasteiger partial charge is 0.296 e. The van der Waals surface area contributed by atoms with Crippen molar-refractivity contribution in [2.24, 2.45) is 7.05 Å². The number of para-hydroxylation sites is 2. The van der Waals surface area contributed by atoms with Crippen LogP contribution in [0.25, 0.3) is 33.8 Å². The van der Waals surface area contributed by atoms with Crippen LogP contribution < -0.4 is 4.57 Å². The summed E-state index contributed by atoms with van der Waals surface area (Å²) >= 11 is 0. The van der Waals surface area contributed by atoms with Gasteiger partial charge >= 0.3 is 0 Å². The average Bonchev–Trinajstić information content (AvgIpc) is 3.50. The zero-order valence-electron chi connectivity index (χ0n) is 21.5. The number of nitrogens with zero attached hydrogens (tertiary/aromatic N) is 4. The number of imidazole rings is 2. The van der Waals surface area contributed by atoms with Gasteiger partial charge in [0.25, 0.3) is 5.82 Å². The average molecular weight is 462 g/mol. The highest BCUT2D eigenvalue weighted by molar-refractivity contribution is 5.94. The lowest BCUT2D eigenvalue weighted by molar-refractivity contribution is -0.659. The van der Waals surface area contributed by atoms with Crippen LogP contribution in [0.15, 0.2) is 67.0 Å². The molecule has 35 heavy (non-hydrogen) atoms. The number of hydrogen-bond donors (Lipinski definition) is 0. The lowest BCUT2D eigenvalue weighted by Gasteiger charge is -2.18. The van der Waals surface area contributed by atoms with E-state index in [1.165, 1.54) is 50.5 Å². The molecular weight excluding hydrogens is 428 g/mol. The molecule has 0 fully saturated rings. The van der Waals surface area contributed by atoms with Gasteiger partial charge in [-0.15, -0.1) is 0 Å². The highest BCUT2D eigenvalue weighted by atomic mass is 15.2. The maximum absolute atomic E-state index is 5.25. The Balaban J connectivity index is 1.66. The van der Waals surface area contributed by atoms with Gasteiger partial charge in [-0.05, 0) is 42.0 Å². The number of aromatic nitrogens is 4. The van der Waals surface area contributed by atoms with E-state index in [9.17, 15) is 0 Å². The maximum Gasteiger partial charge on any atom is 0.296 e. The van der Waals surface area contributed by atoms with E-state index in [2.05, 4.69) is 122 Å². The van der Waals surface area contributed by atoms with E-state index in [1.54, 1.807) is 0 Å².